The third-order valence-corrected chi connectivity index (χ3v) is 3.96. The number of carbonyl (C=O) groups is 2. The summed E-state index contributed by atoms with van der Waals surface area (Å²) >= 11 is 2.20. The van der Waals surface area contributed by atoms with Crippen LogP contribution in [-0.2, 0) is 14.3 Å². The number of likely N-dealkylation sites (N-methyl/N-ethyl adjacent to an activating group) is 1. The number of esters is 1. The van der Waals surface area contributed by atoms with Crippen molar-refractivity contribution in [3.05, 3.63) is 27.8 Å². The molecule has 1 amide bonds. The highest BCUT2D eigenvalue weighted by molar-refractivity contribution is 14.1. The first-order chi connectivity index (χ1) is 9.77. The van der Waals surface area contributed by atoms with Gasteiger partial charge in [-0.1, -0.05) is 0 Å². The van der Waals surface area contributed by atoms with Gasteiger partial charge >= 0.3 is 5.97 Å². The van der Waals surface area contributed by atoms with E-state index in [0.717, 1.165) is 9.26 Å². The summed E-state index contributed by atoms with van der Waals surface area (Å²) in [5.41, 5.74) is -0.109. The van der Waals surface area contributed by atoms with E-state index in [9.17, 15) is 9.59 Å². The second kappa shape index (κ2) is 7.74. The Morgan fingerprint density at radius 1 is 1.29 bits per heavy atom. The molecule has 0 spiro atoms. The highest BCUT2D eigenvalue weighted by atomic mass is 127. The fourth-order valence-electron chi connectivity index (χ4n) is 1.61. The SMILES string of the molecule is CCOC(=O)C(C)(C)N(C)CC(=O)Nc1ccc(I)cc1. The summed E-state index contributed by atoms with van der Waals surface area (Å²) in [6.45, 7) is 5.67. The molecule has 0 heterocycles. The summed E-state index contributed by atoms with van der Waals surface area (Å²) in [5, 5.41) is 2.81. The molecule has 0 aliphatic heterocycles. The minimum atomic E-state index is -0.848. The van der Waals surface area contributed by atoms with Crippen LogP contribution in [0.25, 0.3) is 0 Å². The van der Waals surface area contributed by atoms with Crippen molar-refractivity contribution in [1.82, 2.24) is 4.90 Å². The molecule has 0 radical (unpaired) electrons. The standard InChI is InChI=1S/C15H21IN2O3/c1-5-21-14(20)15(2,3)18(4)10-13(19)17-12-8-6-11(16)7-9-12/h6-9H,5,10H2,1-4H3,(H,17,19). The van der Waals surface area contributed by atoms with Crippen LogP contribution >= 0.6 is 22.6 Å². The van der Waals surface area contributed by atoms with Gasteiger partial charge in [0.15, 0.2) is 0 Å². The molecule has 6 heteroatoms. The molecule has 0 saturated carbocycles. The first-order valence-electron chi connectivity index (χ1n) is 6.71. The Morgan fingerprint density at radius 3 is 2.38 bits per heavy atom. The topological polar surface area (TPSA) is 58.6 Å². The molecule has 0 saturated heterocycles. The van der Waals surface area contributed by atoms with Crippen LogP contribution in [0.5, 0.6) is 0 Å². The number of anilines is 1. The molecular weight excluding hydrogens is 383 g/mol. The Hall–Kier alpha value is -1.15. The number of benzene rings is 1. The lowest BCUT2D eigenvalue weighted by Gasteiger charge is -2.32. The number of hydrogen-bond donors (Lipinski definition) is 1. The molecule has 5 nitrogen and oxygen atoms in total. The van der Waals surface area contributed by atoms with Gasteiger partial charge in [0.2, 0.25) is 5.91 Å². The van der Waals surface area contributed by atoms with Crippen molar-refractivity contribution >= 4 is 40.2 Å². The second-order valence-corrected chi connectivity index (χ2v) is 6.44. The van der Waals surface area contributed by atoms with Crippen molar-refractivity contribution in [3.63, 3.8) is 0 Å². The lowest BCUT2D eigenvalue weighted by molar-refractivity contribution is -0.155. The maximum absolute atomic E-state index is 12.0. The Bertz CT molecular complexity index is 500. The van der Waals surface area contributed by atoms with Crippen LogP contribution in [0, 0.1) is 3.57 Å². The molecule has 116 valence electrons. The van der Waals surface area contributed by atoms with Gasteiger partial charge in [-0.2, -0.15) is 0 Å². The largest absolute Gasteiger partial charge is 0.465 e. The molecule has 21 heavy (non-hydrogen) atoms. The molecule has 0 aromatic heterocycles. The number of ether oxygens (including phenoxy) is 1. The van der Waals surface area contributed by atoms with Gasteiger partial charge < -0.3 is 10.1 Å². The van der Waals surface area contributed by atoms with Gasteiger partial charge in [0, 0.05) is 9.26 Å². The number of halogens is 1. The Morgan fingerprint density at radius 2 is 1.86 bits per heavy atom. The Kier molecular flexibility index (Phi) is 6.60. The van der Waals surface area contributed by atoms with Crippen molar-refractivity contribution in [2.75, 3.05) is 25.5 Å². The van der Waals surface area contributed by atoms with Gasteiger partial charge in [-0.15, -0.1) is 0 Å². The highest BCUT2D eigenvalue weighted by Crippen LogP contribution is 2.15. The van der Waals surface area contributed by atoms with Crippen molar-refractivity contribution in [2.24, 2.45) is 0 Å². The van der Waals surface area contributed by atoms with Gasteiger partial charge in [0.05, 0.1) is 13.2 Å². The number of rotatable bonds is 6. The summed E-state index contributed by atoms with van der Waals surface area (Å²) < 4.78 is 6.13. The van der Waals surface area contributed by atoms with Crippen LogP contribution in [0.3, 0.4) is 0 Å². The first-order valence-corrected chi connectivity index (χ1v) is 7.79. The average Bonchev–Trinajstić information content (AvgIpc) is 2.41. The molecule has 1 aromatic rings. The number of carbonyl (C=O) groups excluding carboxylic acids is 2. The Balaban J connectivity index is 2.61. The summed E-state index contributed by atoms with van der Waals surface area (Å²) in [5.74, 6) is -0.509. The van der Waals surface area contributed by atoms with Crippen LogP contribution in [0.15, 0.2) is 24.3 Å². The number of amides is 1. The molecular formula is C15H21IN2O3. The molecule has 0 bridgehead atoms. The van der Waals surface area contributed by atoms with E-state index in [1.165, 1.54) is 0 Å². The maximum Gasteiger partial charge on any atom is 0.325 e. The number of nitrogens with one attached hydrogen (secondary N) is 1. The minimum Gasteiger partial charge on any atom is -0.465 e. The monoisotopic (exact) mass is 404 g/mol. The molecule has 0 unspecified atom stereocenters. The lowest BCUT2D eigenvalue weighted by atomic mass is 10.0. The van der Waals surface area contributed by atoms with Crippen LogP contribution in [-0.4, -0.2) is 42.5 Å². The zero-order valence-corrected chi connectivity index (χ0v) is 14.9. The van der Waals surface area contributed by atoms with E-state index >= 15 is 0 Å². The molecule has 1 N–H and O–H groups in total. The van der Waals surface area contributed by atoms with E-state index in [4.69, 9.17) is 4.74 Å². The smallest absolute Gasteiger partial charge is 0.325 e. The number of hydrogen-bond acceptors (Lipinski definition) is 4. The van der Waals surface area contributed by atoms with Gasteiger partial charge in [0.1, 0.15) is 5.54 Å². The zero-order valence-electron chi connectivity index (χ0n) is 12.8. The predicted octanol–water partition coefficient (Wildman–Crippen LogP) is 2.50. The van der Waals surface area contributed by atoms with Gasteiger partial charge in [-0.25, -0.2) is 0 Å². The third-order valence-electron chi connectivity index (χ3n) is 3.24. The van der Waals surface area contributed by atoms with E-state index in [1.54, 1.807) is 32.7 Å². The number of nitrogens with zero attached hydrogens (tertiary/aromatic N) is 1. The van der Waals surface area contributed by atoms with Crippen LogP contribution in [0.2, 0.25) is 0 Å². The summed E-state index contributed by atoms with van der Waals surface area (Å²) in [7, 11) is 1.73. The fraction of sp³-hybridized carbons (Fsp3) is 0.467. The van der Waals surface area contributed by atoms with Crippen molar-refractivity contribution in [1.29, 1.82) is 0 Å². The predicted molar refractivity (Wildman–Crippen MR) is 91.1 cm³/mol. The molecule has 1 aromatic carbocycles. The van der Waals surface area contributed by atoms with Gasteiger partial charge in [-0.05, 0) is 74.7 Å². The van der Waals surface area contributed by atoms with Gasteiger partial charge in [0.25, 0.3) is 0 Å². The van der Waals surface area contributed by atoms with E-state index in [0.29, 0.717) is 6.61 Å². The van der Waals surface area contributed by atoms with E-state index in [1.807, 2.05) is 24.3 Å². The van der Waals surface area contributed by atoms with Gasteiger partial charge in [-0.3, -0.25) is 14.5 Å². The molecule has 1 rings (SSSR count). The lowest BCUT2D eigenvalue weighted by Crippen LogP contribution is -2.51. The molecule has 0 fully saturated rings. The summed E-state index contributed by atoms with van der Waals surface area (Å²) in [6.07, 6.45) is 0. The molecule has 0 aliphatic rings. The average molecular weight is 404 g/mol. The van der Waals surface area contributed by atoms with E-state index in [-0.39, 0.29) is 18.4 Å². The van der Waals surface area contributed by atoms with Crippen LogP contribution in [0.1, 0.15) is 20.8 Å². The van der Waals surface area contributed by atoms with Crippen molar-refractivity contribution in [3.8, 4) is 0 Å². The van der Waals surface area contributed by atoms with E-state index in [2.05, 4.69) is 27.9 Å². The van der Waals surface area contributed by atoms with Crippen LogP contribution in [0.4, 0.5) is 5.69 Å². The second-order valence-electron chi connectivity index (χ2n) is 5.19. The summed E-state index contributed by atoms with van der Waals surface area (Å²) in [6, 6.07) is 7.53. The Labute approximate surface area is 139 Å². The maximum atomic E-state index is 12.0. The first kappa shape index (κ1) is 17.9. The minimum absolute atomic E-state index is 0.109. The zero-order chi connectivity index (χ0) is 16.0. The van der Waals surface area contributed by atoms with E-state index < -0.39 is 5.54 Å². The molecule has 0 atom stereocenters. The quantitative estimate of drug-likeness (QED) is 0.585. The fourth-order valence-corrected chi connectivity index (χ4v) is 1.97. The highest BCUT2D eigenvalue weighted by Gasteiger charge is 2.34. The normalized spacial score (nSPS) is 11.3. The van der Waals surface area contributed by atoms with Crippen LogP contribution < -0.4 is 5.32 Å². The third kappa shape index (κ3) is 5.28. The van der Waals surface area contributed by atoms with Crippen molar-refractivity contribution in [2.45, 2.75) is 26.3 Å². The molecule has 0 aliphatic carbocycles. The summed E-state index contributed by atoms with van der Waals surface area (Å²) in [4.78, 5) is 25.6. The van der Waals surface area contributed by atoms with Crippen molar-refractivity contribution < 1.29 is 14.3 Å².